The summed E-state index contributed by atoms with van der Waals surface area (Å²) >= 11 is 0. The van der Waals surface area contributed by atoms with Gasteiger partial charge < -0.3 is 15.1 Å². The highest BCUT2D eigenvalue weighted by atomic mass is 16.6. The van der Waals surface area contributed by atoms with Crippen molar-refractivity contribution in [2.45, 2.75) is 39.9 Å². The number of hydrogen-bond donors (Lipinski definition) is 2. The van der Waals surface area contributed by atoms with Crippen molar-refractivity contribution in [2.75, 3.05) is 5.32 Å². The third kappa shape index (κ3) is 4.37. The fourth-order valence-electron chi connectivity index (χ4n) is 2.71. The van der Waals surface area contributed by atoms with Crippen molar-refractivity contribution < 1.29 is 18.9 Å². The second kappa shape index (κ2) is 8.59. The number of nitrogens with zero attached hydrogens (tertiary/aromatic N) is 5. The Labute approximate surface area is 171 Å². The van der Waals surface area contributed by atoms with Crippen molar-refractivity contribution in [3.63, 3.8) is 0 Å². The number of nitrogens with one attached hydrogen (secondary N) is 2. The SMILES string of the molecule is CCn1cc(NC(=O)C(C)n2cc([N+](=O)[O-])c(C)n2)c(C(=O)NCc2ccco2)n1. The normalized spacial score (nSPS) is 11.8. The Morgan fingerprint density at radius 3 is 2.70 bits per heavy atom. The van der Waals surface area contributed by atoms with E-state index in [1.807, 2.05) is 6.92 Å². The molecule has 158 valence electrons. The molecule has 3 aromatic heterocycles. The molecule has 3 rings (SSSR count). The number of rotatable bonds is 8. The molecule has 0 fully saturated rings. The Kier molecular flexibility index (Phi) is 5.95. The van der Waals surface area contributed by atoms with Crippen LogP contribution >= 0.6 is 0 Å². The zero-order chi connectivity index (χ0) is 21.8. The predicted molar refractivity (Wildman–Crippen MR) is 105 cm³/mol. The van der Waals surface area contributed by atoms with Gasteiger partial charge in [0, 0.05) is 12.7 Å². The summed E-state index contributed by atoms with van der Waals surface area (Å²) < 4.78 is 7.91. The Balaban J connectivity index is 1.75. The van der Waals surface area contributed by atoms with E-state index in [4.69, 9.17) is 4.42 Å². The van der Waals surface area contributed by atoms with Gasteiger partial charge in [0.1, 0.15) is 23.7 Å². The molecule has 0 radical (unpaired) electrons. The van der Waals surface area contributed by atoms with Gasteiger partial charge in [0.25, 0.3) is 5.91 Å². The fourth-order valence-corrected chi connectivity index (χ4v) is 2.71. The maximum atomic E-state index is 12.7. The molecule has 12 nitrogen and oxygen atoms in total. The lowest BCUT2D eigenvalue weighted by atomic mass is 10.3. The van der Waals surface area contributed by atoms with Gasteiger partial charge in [-0.2, -0.15) is 10.2 Å². The van der Waals surface area contributed by atoms with Crippen LogP contribution in [-0.2, 0) is 17.9 Å². The van der Waals surface area contributed by atoms with Crippen LogP contribution in [0.15, 0.2) is 35.2 Å². The van der Waals surface area contributed by atoms with Gasteiger partial charge in [-0.1, -0.05) is 0 Å². The number of carbonyl (C=O) groups is 2. The lowest BCUT2D eigenvalue weighted by molar-refractivity contribution is -0.385. The molecule has 0 aliphatic rings. The average molecular weight is 415 g/mol. The third-order valence-electron chi connectivity index (χ3n) is 4.43. The Morgan fingerprint density at radius 2 is 2.10 bits per heavy atom. The van der Waals surface area contributed by atoms with Gasteiger partial charge in [0.2, 0.25) is 5.91 Å². The quantitative estimate of drug-likeness (QED) is 0.422. The van der Waals surface area contributed by atoms with Gasteiger partial charge >= 0.3 is 5.69 Å². The van der Waals surface area contributed by atoms with E-state index >= 15 is 0 Å². The van der Waals surface area contributed by atoms with Crippen molar-refractivity contribution >= 4 is 23.2 Å². The van der Waals surface area contributed by atoms with Gasteiger partial charge in [-0.05, 0) is 32.9 Å². The average Bonchev–Trinajstić information content (AvgIpc) is 3.45. The van der Waals surface area contributed by atoms with E-state index in [9.17, 15) is 19.7 Å². The molecular formula is C18H21N7O5. The van der Waals surface area contributed by atoms with Crippen molar-refractivity contribution in [3.8, 4) is 0 Å². The van der Waals surface area contributed by atoms with E-state index in [0.29, 0.717) is 12.3 Å². The van der Waals surface area contributed by atoms with E-state index in [1.54, 1.807) is 25.3 Å². The first kappa shape index (κ1) is 20.8. The molecule has 1 atom stereocenters. The van der Waals surface area contributed by atoms with Crippen LogP contribution in [0, 0.1) is 17.0 Å². The van der Waals surface area contributed by atoms with Gasteiger partial charge in [-0.3, -0.25) is 29.1 Å². The highest BCUT2D eigenvalue weighted by molar-refractivity contribution is 6.02. The maximum Gasteiger partial charge on any atom is 0.309 e. The molecule has 3 heterocycles. The molecule has 0 saturated heterocycles. The number of hydrogen-bond acceptors (Lipinski definition) is 7. The van der Waals surface area contributed by atoms with Crippen molar-refractivity contribution in [1.29, 1.82) is 0 Å². The molecule has 2 amide bonds. The van der Waals surface area contributed by atoms with E-state index in [1.165, 1.54) is 28.7 Å². The molecule has 0 bridgehead atoms. The summed E-state index contributed by atoms with van der Waals surface area (Å²) in [5, 5.41) is 24.6. The summed E-state index contributed by atoms with van der Waals surface area (Å²) in [6.45, 7) is 5.55. The number of furan rings is 1. The molecule has 0 aliphatic carbocycles. The fraction of sp³-hybridized carbons (Fsp3) is 0.333. The molecular weight excluding hydrogens is 394 g/mol. The molecule has 12 heteroatoms. The monoisotopic (exact) mass is 415 g/mol. The van der Waals surface area contributed by atoms with Crippen molar-refractivity contribution in [3.05, 3.63) is 58.1 Å². The summed E-state index contributed by atoms with van der Waals surface area (Å²) in [4.78, 5) is 35.7. The lowest BCUT2D eigenvalue weighted by Gasteiger charge is -2.12. The largest absolute Gasteiger partial charge is 0.467 e. The molecule has 2 N–H and O–H groups in total. The van der Waals surface area contributed by atoms with Crippen LogP contribution in [0.3, 0.4) is 0 Å². The van der Waals surface area contributed by atoms with Crippen LogP contribution in [0.1, 0.15) is 41.8 Å². The highest BCUT2D eigenvalue weighted by Gasteiger charge is 2.25. The van der Waals surface area contributed by atoms with Gasteiger partial charge in [-0.15, -0.1) is 0 Å². The standard InChI is InChI=1S/C18H21N7O5/c1-4-23-9-14(16(22-23)18(27)19-8-13-6-5-7-30-13)20-17(26)12(3)24-10-15(25(28)29)11(2)21-24/h5-7,9-10,12H,4,8H2,1-3H3,(H,19,27)(H,20,26). The van der Waals surface area contributed by atoms with Crippen LogP contribution < -0.4 is 10.6 Å². The zero-order valence-electron chi connectivity index (χ0n) is 16.7. The Bertz CT molecular complexity index is 1070. The minimum atomic E-state index is -0.846. The van der Waals surface area contributed by atoms with Gasteiger partial charge in [0.15, 0.2) is 5.69 Å². The predicted octanol–water partition coefficient (Wildman–Crippen LogP) is 2.04. The number of aromatic nitrogens is 4. The molecule has 0 aliphatic heterocycles. The topological polar surface area (TPSA) is 150 Å². The molecule has 3 aromatic rings. The van der Waals surface area contributed by atoms with Gasteiger partial charge in [-0.25, -0.2) is 0 Å². The minimum absolute atomic E-state index is 0.0478. The van der Waals surface area contributed by atoms with Crippen LogP contribution in [-0.4, -0.2) is 36.3 Å². The van der Waals surface area contributed by atoms with Crippen molar-refractivity contribution in [2.24, 2.45) is 0 Å². The summed E-state index contributed by atoms with van der Waals surface area (Å²) in [6, 6.07) is 2.59. The van der Waals surface area contributed by atoms with Crippen molar-refractivity contribution in [1.82, 2.24) is 24.9 Å². The molecule has 1 unspecified atom stereocenters. The van der Waals surface area contributed by atoms with E-state index in [-0.39, 0.29) is 29.3 Å². The van der Waals surface area contributed by atoms with Crippen LogP contribution in [0.2, 0.25) is 0 Å². The summed E-state index contributed by atoms with van der Waals surface area (Å²) in [6.07, 6.45) is 4.25. The smallest absolute Gasteiger partial charge is 0.309 e. The second-order valence-electron chi connectivity index (χ2n) is 6.51. The first-order valence-electron chi connectivity index (χ1n) is 9.19. The van der Waals surface area contributed by atoms with E-state index in [2.05, 4.69) is 20.8 Å². The first-order chi connectivity index (χ1) is 14.3. The maximum absolute atomic E-state index is 12.7. The zero-order valence-corrected chi connectivity index (χ0v) is 16.7. The summed E-state index contributed by atoms with van der Waals surface area (Å²) in [5.41, 5.74) is 0.304. The van der Waals surface area contributed by atoms with Crippen LogP contribution in [0.5, 0.6) is 0 Å². The molecule has 30 heavy (non-hydrogen) atoms. The Hall–Kier alpha value is -3.96. The number of nitro groups is 1. The number of amides is 2. The highest BCUT2D eigenvalue weighted by Crippen LogP contribution is 2.20. The second-order valence-corrected chi connectivity index (χ2v) is 6.51. The minimum Gasteiger partial charge on any atom is -0.467 e. The van der Waals surface area contributed by atoms with E-state index in [0.717, 1.165) is 0 Å². The lowest BCUT2D eigenvalue weighted by Crippen LogP contribution is -2.27. The molecule has 0 spiro atoms. The number of aryl methyl sites for hydroxylation is 2. The number of anilines is 1. The summed E-state index contributed by atoms with van der Waals surface area (Å²) in [5.74, 6) is -0.400. The van der Waals surface area contributed by atoms with Crippen LogP contribution in [0.4, 0.5) is 11.4 Å². The van der Waals surface area contributed by atoms with Crippen LogP contribution in [0.25, 0.3) is 0 Å². The molecule has 0 aromatic carbocycles. The Morgan fingerprint density at radius 1 is 1.33 bits per heavy atom. The third-order valence-corrected chi connectivity index (χ3v) is 4.43. The van der Waals surface area contributed by atoms with Gasteiger partial charge in [0.05, 0.1) is 23.4 Å². The number of carbonyl (C=O) groups excluding carboxylic acids is 2. The van der Waals surface area contributed by atoms with E-state index < -0.39 is 22.8 Å². The first-order valence-corrected chi connectivity index (χ1v) is 9.19. The summed E-state index contributed by atoms with van der Waals surface area (Å²) in [7, 11) is 0. The molecule has 0 saturated carbocycles.